The first-order valence-electron chi connectivity index (χ1n) is 8.86. The van der Waals surface area contributed by atoms with Crippen LogP contribution in [0.3, 0.4) is 0 Å². The second-order valence-corrected chi connectivity index (χ2v) is 8.11. The van der Waals surface area contributed by atoms with Crippen LogP contribution >= 0.6 is 11.3 Å². The summed E-state index contributed by atoms with van der Waals surface area (Å²) in [6, 6.07) is 4.90. The number of thiophene rings is 1. The van der Waals surface area contributed by atoms with E-state index in [0.29, 0.717) is 27.5 Å². The van der Waals surface area contributed by atoms with E-state index in [9.17, 15) is 19.5 Å². The molecule has 2 aromatic heterocycles. The molecule has 10 heteroatoms. The van der Waals surface area contributed by atoms with Gasteiger partial charge in [-0.3, -0.25) is 14.2 Å². The first kappa shape index (κ1) is 21.3. The Kier molecular flexibility index (Phi) is 5.29. The van der Waals surface area contributed by atoms with Gasteiger partial charge in [0.25, 0.3) is 11.5 Å². The summed E-state index contributed by atoms with van der Waals surface area (Å²) >= 11 is 0.998. The van der Waals surface area contributed by atoms with Crippen molar-refractivity contribution in [1.82, 2.24) is 9.55 Å². The van der Waals surface area contributed by atoms with Crippen LogP contribution in [0.25, 0.3) is 21.6 Å². The molecule has 3 N–H and O–H groups in total. The van der Waals surface area contributed by atoms with E-state index in [1.54, 1.807) is 25.1 Å². The highest BCUT2D eigenvalue weighted by Gasteiger charge is 2.35. The van der Waals surface area contributed by atoms with E-state index in [2.05, 4.69) is 4.98 Å². The van der Waals surface area contributed by atoms with E-state index in [0.717, 1.165) is 15.9 Å². The van der Waals surface area contributed by atoms with Crippen LogP contribution < -0.4 is 20.8 Å². The van der Waals surface area contributed by atoms with E-state index in [-0.39, 0.29) is 16.1 Å². The molecular formula is C20H21N3O6S. The van der Waals surface area contributed by atoms with Gasteiger partial charge in [0.15, 0.2) is 11.5 Å². The van der Waals surface area contributed by atoms with Gasteiger partial charge in [0.05, 0.1) is 24.5 Å². The van der Waals surface area contributed by atoms with Gasteiger partial charge in [0, 0.05) is 5.56 Å². The van der Waals surface area contributed by atoms with E-state index in [4.69, 9.17) is 15.2 Å². The third-order valence-corrected chi connectivity index (χ3v) is 6.11. The zero-order chi connectivity index (χ0) is 22.4. The third-order valence-electron chi connectivity index (χ3n) is 4.91. The van der Waals surface area contributed by atoms with E-state index < -0.39 is 23.0 Å². The number of benzene rings is 1. The molecule has 0 aliphatic carbocycles. The first-order chi connectivity index (χ1) is 14.0. The van der Waals surface area contributed by atoms with Gasteiger partial charge in [-0.2, -0.15) is 0 Å². The number of carbonyl (C=O) groups excluding carboxylic acids is 1. The lowest BCUT2D eigenvalue weighted by atomic mass is 10.0. The Bertz CT molecular complexity index is 1240. The number of hydrogen-bond acceptors (Lipinski definition) is 7. The lowest BCUT2D eigenvalue weighted by molar-refractivity contribution is -0.145. The molecule has 0 spiro atoms. The standard InChI is InChI=1S/C20H21N3O6S/c1-9-13-17(30-14(9)15(21)24)22-16(23(18(13)25)20(2,3)19(26)27)10-6-7-11(28-4)12(8-10)29-5/h6-8H,1-5H3,(H2,21,24)(H,26,27). The smallest absolute Gasteiger partial charge is 0.329 e. The zero-order valence-corrected chi connectivity index (χ0v) is 17.9. The van der Waals surface area contributed by atoms with Crippen molar-refractivity contribution in [2.45, 2.75) is 26.3 Å². The maximum absolute atomic E-state index is 13.5. The molecule has 0 aliphatic rings. The van der Waals surface area contributed by atoms with Crippen molar-refractivity contribution in [3.8, 4) is 22.9 Å². The average Bonchev–Trinajstić information content (AvgIpc) is 3.03. The zero-order valence-electron chi connectivity index (χ0n) is 17.1. The van der Waals surface area contributed by atoms with Gasteiger partial charge in [0.1, 0.15) is 16.2 Å². The number of hydrogen-bond donors (Lipinski definition) is 2. The van der Waals surface area contributed by atoms with Crippen LogP contribution in [0.15, 0.2) is 23.0 Å². The largest absolute Gasteiger partial charge is 0.493 e. The summed E-state index contributed by atoms with van der Waals surface area (Å²) in [4.78, 5) is 42.3. The van der Waals surface area contributed by atoms with Crippen LogP contribution in [0.4, 0.5) is 0 Å². The Hall–Kier alpha value is -3.40. The van der Waals surface area contributed by atoms with Gasteiger partial charge < -0.3 is 20.3 Å². The fourth-order valence-corrected chi connectivity index (χ4v) is 4.22. The molecule has 0 fully saturated rings. The molecule has 0 radical (unpaired) electrons. The molecule has 158 valence electrons. The quantitative estimate of drug-likeness (QED) is 0.612. The van der Waals surface area contributed by atoms with Gasteiger partial charge in [0.2, 0.25) is 0 Å². The van der Waals surface area contributed by atoms with Crippen LogP contribution in [-0.2, 0) is 10.3 Å². The highest BCUT2D eigenvalue weighted by atomic mass is 32.1. The maximum Gasteiger partial charge on any atom is 0.329 e. The molecule has 2 heterocycles. The number of carbonyl (C=O) groups is 2. The third kappa shape index (κ3) is 3.18. The molecule has 30 heavy (non-hydrogen) atoms. The number of nitrogens with two attached hydrogens (primary N) is 1. The van der Waals surface area contributed by atoms with Crippen LogP contribution in [0.2, 0.25) is 0 Å². The molecule has 1 aromatic carbocycles. The van der Waals surface area contributed by atoms with Crippen LogP contribution in [0.5, 0.6) is 11.5 Å². The number of rotatable bonds is 6. The molecule has 0 saturated carbocycles. The summed E-state index contributed by atoms with van der Waals surface area (Å²) in [6.45, 7) is 4.41. The van der Waals surface area contributed by atoms with Crippen molar-refractivity contribution in [1.29, 1.82) is 0 Å². The molecule has 0 aliphatic heterocycles. The number of ether oxygens (including phenoxy) is 2. The summed E-state index contributed by atoms with van der Waals surface area (Å²) < 4.78 is 11.7. The molecule has 0 saturated heterocycles. The first-order valence-corrected chi connectivity index (χ1v) is 9.68. The minimum absolute atomic E-state index is 0.123. The Morgan fingerprint density at radius 3 is 2.37 bits per heavy atom. The fraction of sp³-hybridized carbons (Fsp3) is 0.300. The predicted octanol–water partition coefficient (Wildman–Crippen LogP) is 2.37. The number of aliphatic carboxylic acids is 1. The molecule has 0 bridgehead atoms. The number of carboxylic acid groups (broad SMARTS) is 1. The minimum atomic E-state index is -1.62. The molecule has 3 aromatic rings. The van der Waals surface area contributed by atoms with Crippen LogP contribution in [-0.4, -0.2) is 40.8 Å². The van der Waals surface area contributed by atoms with Gasteiger partial charge in [-0.25, -0.2) is 9.78 Å². The van der Waals surface area contributed by atoms with Crippen molar-refractivity contribution in [2.24, 2.45) is 5.73 Å². The summed E-state index contributed by atoms with van der Waals surface area (Å²) in [7, 11) is 2.96. The maximum atomic E-state index is 13.5. The Balaban J connectivity index is 2.48. The van der Waals surface area contributed by atoms with Gasteiger partial charge >= 0.3 is 5.97 Å². The van der Waals surface area contributed by atoms with Crippen molar-refractivity contribution < 1.29 is 24.2 Å². The van der Waals surface area contributed by atoms with Crippen LogP contribution in [0.1, 0.15) is 29.1 Å². The number of aromatic nitrogens is 2. The summed E-state index contributed by atoms with van der Waals surface area (Å²) in [5.41, 5.74) is 4.07. The number of primary amides is 1. The highest BCUT2D eigenvalue weighted by molar-refractivity contribution is 7.20. The predicted molar refractivity (Wildman–Crippen MR) is 113 cm³/mol. The van der Waals surface area contributed by atoms with E-state index in [1.807, 2.05) is 0 Å². The second kappa shape index (κ2) is 7.45. The average molecular weight is 431 g/mol. The molecule has 0 unspecified atom stereocenters. The van der Waals surface area contributed by atoms with Crippen molar-refractivity contribution >= 4 is 33.4 Å². The molecule has 0 atom stereocenters. The second-order valence-electron chi connectivity index (χ2n) is 7.11. The molecule has 9 nitrogen and oxygen atoms in total. The monoisotopic (exact) mass is 431 g/mol. The SMILES string of the molecule is COc1ccc(-c2nc3sc(C(N)=O)c(C)c3c(=O)n2C(C)(C)C(=O)O)cc1OC. The number of nitrogens with zero attached hydrogens (tertiary/aromatic N) is 2. The number of aryl methyl sites for hydroxylation is 1. The van der Waals surface area contributed by atoms with Gasteiger partial charge in [-0.05, 0) is 44.5 Å². The number of methoxy groups -OCH3 is 2. The van der Waals surface area contributed by atoms with Crippen molar-refractivity contribution in [2.75, 3.05) is 14.2 Å². The lowest BCUT2D eigenvalue weighted by Crippen LogP contribution is -2.44. The number of amides is 1. The summed E-state index contributed by atoms with van der Waals surface area (Å²) in [6.07, 6.45) is 0. The summed E-state index contributed by atoms with van der Waals surface area (Å²) in [5, 5.41) is 9.98. The van der Waals surface area contributed by atoms with Crippen molar-refractivity contribution in [3.63, 3.8) is 0 Å². The topological polar surface area (TPSA) is 134 Å². The van der Waals surface area contributed by atoms with Crippen LogP contribution in [0, 0.1) is 6.92 Å². The normalized spacial score (nSPS) is 11.5. The minimum Gasteiger partial charge on any atom is -0.493 e. The Morgan fingerprint density at radius 1 is 1.20 bits per heavy atom. The van der Waals surface area contributed by atoms with Gasteiger partial charge in [-0.1, -0.05) is 0 Å². The molecule has 3 rings (SSSR count). The van der Waals surface area contributed by atoms with E-state index in [1.165, 1.54) is 28.1 Å². The molecular weight excluding hydrogens is 410 g/mol. The Labute approximate surface area is 175 Å². The highest BCUT2D eigenvalue weighted by Crippen LogP contribution is 2.35. The lowest BCUT2D eigenvalue weighted by Gasteiger charge is -2.26. The number of carboxylic acids is 1. The van der Waals surface area contributed by atoms with Gasteiger partial charge in [-0.15, -0.1) is 11.3 Å². The van der Waals surface area contributed by atoms with Crippen molar-refractivity contribution in [3.05, 3.63) is 39.0 Å². The summed E-state index contributed by atoms with van der Waals surface area (Å²) in [5.74, 6) is -0.902. The number of fused-ring (bicyclic) bond motifs is 1. The molecule has 1 amide bonds. The Morgan fingerprint density at radius 2 is 1.83 bits per heavy atom. The fourth-order valence-electron chi connectivity index (χ4n) is 3.20. The van der Waals surface area contributed by atoms with E-state index >= 15 is 0 Å².